The maximum absolute atomic E-state index is 11.3. The van der Waals surface area contributed by atoms with Crippen molar-refractivity contribution in [3.8, 4) is 0 Å². The van der Waals surface area contributed by atoms with Gasteiger partial charge in [-0.25, -0.2) is 0 Å². The van der Waals surface area contributed by atoms with Gasteiger partial charge < -0.3 is 10.1 Å². The van der Waals surface area contributed by atoms with Gasteiger partial charge in [-0.05, 0) is 53.5 Å². The molecule has 1 N–H and O–H groups in total. The average Bonchev–Trinajstić information content (AvgIpc) is 2.66. The number of benzene rings is 2. The van der Waals surface area contributed by atoms with Crippen LogP contribution in [0.25, 0.3) is 16.8 Å². The number of ether oxygens (including phenoxy) is 1. The Morgan fingerprint density at radius 2 is 2.04 bits per heavy atom. The van der Waals surface area contributed by atoms with Crippen LogP contribution >= 0.6 is 11.8 Å². The molecule has 0 aliphatic rings. The molecule has 0 aliphatic carbocycles. The molecule has 1 amide bonds. The summed E-state index contributed by atoms with van der Waals surface area (Å²) in [5.74, 6) is 0.688. The molecule has 0 fully saturated rings. The van der Waals surface area contributed by atoms with Crippen LogP contribution in [-0.4, -0.2) is 31.3 Å². The number of carbonyl (C=O) groups excluding carboxylic acids is 2. The summed E-state index contributed by atoms with van der Waals surface area (Å²) in [6, 6.07) is 10.6. The lowest BCUT2D eigenvalue weighted by Gasteiger charge is -2.14. The van der Waals surface area contributed by atoms with E-state index in [4.69, 9.17) is 4.74 Å². The fraction of sp³-hybridized carbons (Fsp3) is 0.364. The predicted molar refractivity (Wildman–Crippen MR) is 113 cm³/mol. The third kappa shape index (κ3) is 6.14. The molecule has 2 rings (SSSR count). The molecule has 4 nitrogen and oxygen atoms in total. The third-order valence-electron chi connectivity index (χ3n) is 4.24. The number of thioether (sulfide) groups is 1. The number of esters is 1. The maximum Gasteiger partial charge on any atom is 0.305 e. The number of rotatable bonds is 9. The van der Waals surface area contributed by atoms with Gasteiger partial charge in [0.1, 0.15) is 0 Å². The van der Waals surface area contributed by atoms with E-state index in [2.05, 4.69) is 47.8 Å². The Kier molecular flexibility index (Phi) is 8.40. The predicted octanol–water partition coefficient (Wildman–Crippen LogP) is 4.60. The summed E-state index contributed by atoms with van der Waals surface area (Å²) in [7, 11) is 1.42. The van der Waals surface area contributed by atoms with Crippen molar-refractivity contribution in [1.82, 2.24) is 5.32 Å². The zero-order valence-corrected chi connectivity index (χ0v) is 17.0. The fourth-order valence-corrected chi connectivity index (χ4v) is 4.00. The van der Waals surface area contributed by atoms with E-state index in [9.17, 15) is 9.59 Å². The molecule has 5 heteroatoms. The van der Waals surface area contributed by atoms with Crippen molar-refractivity contribution >= 4 is 40.5 Å². The number of amides is 1. The fourth-order valence-electron chi connectivity index (χ4n) is 3.01. The van der Waals surface area contributed by atoms with Crippen LogP contribution in [0.4, 0.5) is 0 Å². The quantitative estimate of drug-likeness (QED) is 0.389. The minimum Gasteiger partial charge on any atom is -0.469 e. The zero-order valence-electron chi connectivity index (χ0n) is 16.2. The molecule has 0 atom stereocenters. The summed E-state index contributed by atoms with van der Waals surface area (Å²) in [5, 5.41) is 5.31. The van der Waals surface area contributed by atoms with E-state index >= 15 is 0 Å². The molecule has 0 aromatic heterocycles. The number of nitrogens with one attached hydrogen (secondary N) is 1. The smallest absolute Gasteiger partial charge is 0.305 e. The monoisotopic (exact) mass is 385 g/mol. The molecule has 0 saturated carbocycles. The third-order valence-corrected chi connectivity index (χ3v) is 5.40. The highest BCUT2D eigenvalue weighted by Crippen LogP contribution is 2.33. The average molecular weight is 386 g/mol. The second kappa shape index (κ2) is 10.8. The first kappa shape index (κ1) is 21.0. The Bertz CT molecular complexity index is 830. The van der Waals surface area contributed by atoms with Crippen LogP contribution in [0.2, 0.25) is 0 Å². The van der Waals surface area contributed by atoms with Gasteiger partial charge in [-0.2, -0.15) is 0 Å². The highest BCUT2D eigenvalue weighted by atomic mass is 32.2. The standard InChI is InChI=1S/C22H27NO3S/c1-4-7-19-20(27-15-6-10-21(25)26-3)12-11-17-8-5-9-18(22(17)19)13-14-23-16(2)24/h4-5,7-9,11-12H,6,10,13-15H2,1-3H3,(H,23,24). The number of methoxy groups -OCH3 is 1. The topological polar surface area (TPSA) is 55.4 Å². The molecule has 0 heterocycles. The first-order chi connectivity index (χ1) is 13.1. The minimum atomic E-state index is -0.164. The molecule has 27 heavy (non-hydrogen) atoms. The Labute approximate surface area is 165 Å². The van der Waals surface area contributed by atoms with Gasteiger partial charge in [-0.1, -0.05) is 36.4 Å². The lowest BCUT2D eigenvalue weighted by Crippen LogP contribution is -2.22. The molecule has 144 valence electrons. The molecule has 0 aliphatic heterocycles. The van der Waals surface area contributed by atoms with Crippen LogP contribution in [0.15, 0.2) is 41.3 Å². The minimum absolute atomic E-state index is 0.00855. The normalized spacial score (nSPS) is 11.1. The van der Waals surface area contributed by atoms with E-state index in [1.54, 1.807) is 11.8 Å². The zero-order chi connectivity index (χ0) is 19.6. The summed E-state index contributed by atoms with van der Waals surface area (Å²) in [6.45, 7) is 4.18. The largest absolute Gasteiger partial charge is 0.469 e. The van der Waals surface area contributed by atoms with Crippen LogP contribution in [0.1, 0.15) is 37.8 Å². The van der Waals surface area contributed by atoms with Gasteiger partial charge in [0.25, 0.3) is 0 Å². The van der Waals surface area contributed by atoms with E-state index in [-0.39, 0.29) is 11.9 Å². The van der Waals surface area contributed by atoms with E-state index in [0.717, 1.165) is 18.6 Å². The molecule has 2 aromatic rings. The second-order valence-electron chi connectivity index (χ2n) is 6.25. The lowest BCUT2D eigenvalue weighted by atomic mass is 9.97. The van der Waals surface area contributed by atoms with Crippen molar-refractivity contribution in [3.05, 3.63) is 47.5 Å². The lowest BCUT2D eigenvalue weighted by molar-refractivity contribution is -0.140. The van der Waals surface area contributed by atoms with Crippen molar-refractivity contribution in [2.45, 2.75) is 38.0 Å². The molecule has 0 spiro atoms. The van der Waals surface area contributed by atoms with Gasteiger partial charge in [-0.15, -0.1) is 11.8 Å². The molecule has 0 unspecified atom stereocenters. The molecule has 0 bridgehead atoms. The highest BCUT2D eigenvalue weighted by Gasteiger charge is 2.10. The number of hydrogen-bond acceptors (Lipinski definition) is 4. The van der Waals surface area contributed by atoms with Gasteiger partial charge in [0.05, 0.1) is 7.11 Å². The van der Waals surface area contributed by atoms with Crippen molar-refractivity contribution in [1.29, 1.82) is 0 Å². The Hall–Kier alpha value is -2.27. The van der Waals surface area contributed by atoms with Crippen molar-refractivity contribution in [2.24, 2.45) is 0 Å². The second-order valence-corrected chi connectivity index (χ2v) is 7.39. The van der Waals surface area contributed by atoms with Crippen LogP contribution in [-0.2, 0) is 20.7 Å². The Morgan fingerprint density at radius 1 is 1.22 bits per heavy atom. The van der Waals surface area contributed by atoms with Gasteiger partial charge in [0, 0.05) is 24.8 Å². The van der Waals surface area contributed by atoms with E-state index in [1.165, 1.54) is 40.8 Å². The van der Waals surface area contributed by atoms with E-state index < -0.39 is 0 Å². The van der Waals surface area contributed by atoms with Crippen LogP contribution in [0.3, 0.4) is 0 Å². The van der Waals surface area contributed by atoms with E-state index in [0.29, 0.717) is 13.0 Å². The first-order valence-corrected chi connectivity index (χ1v) is 10.2. The number of fused-ring (bicyclic) bond motifs is 1. The highest BCUT2D eigenvalue weighted by molar-refractivity contribution is 7.99. The van der Waals surface area contributed by atoms with Gasteiger partial charge in [-0.3, -0.25) is 9.59 Å². The van der Waals surface area contributed by atoms with Gasteiger partial charge in [0.15, 0.2) is 0 Å². The number of carbonyl (C=O) groups is 2. The molecule has 2 aromatic carbocycles. The summed E-state index contributed by atoms with van der Waals surface area (Å²) in [6.07, 6.45) is 6.22. The van der Waals surface area contributed by atoms with Crippen molar-refractivity contribution < 1.29 is 14.3 Å². The first-order valence-electron chi connectivity index (χ1n) is 9.18. The van der Waals surface area contributed by atoms with E-state index in [1.807, 2.05) is 6.92 Å². The number of hydrogen-bond donors (Lipinski definition) is 1. The summed E-state index contributed by atoms with van der Waals surface area (Å²) in [5.41, 5.74) is 2.43. The van der Waals surface area contributed by atoms with Gasteiger partial charge in [0.2, 0.25) is 5.91 Å². The molecule has 0 saturated heterocycles. The number of allylic oxidation sites excluding steroid dienone is 1. The van der Waals surface area contributed by atoms with Crippen LogP contribution in [0, 0.1) is 0 Å². The molecular formula is C22H27NO3S. The van der Waals surface area contributed by atoms with Crippen LogP contribution in [0.5, 0.6) is 0 Å². The van der Waals surface area contributed by atoms with Crippen LogP contribution < -0.4 is 5.32 Å². The maximum atomic E-state index is 11.3. The molecule has 0 radical (unpaired) electrons. The van der Waals surface area contributed by atoms with Crippen molar-refractivity contribution in [3.63, 3.8) is 0 Å². The Morgan fingerprint density at radius 3 is 2.74 bits per heavy atom. The summed E-state index contributed by atoms with van der Waals surface area (Å²) in [4.78, 5) is 23.7. The van der Waals surface area contributed by atoms with Crippen molar-refractivity contribution in [2.75, 3.05) is 19.4 Å². The van der Waals surface area contributed by atoms with Gasteiger partial charge >= 0.3 is 5.97 Å². The Balaban J connectivity index is 2.28. The molecular weight excluding hydrogens is 358 g/mol. The SMILES string of the molecule is CC=Cc1c(SCCCC(=O)OC)ccc2cccc(CCNC(C)=O)c12. The summed E-state index contributed by atoms with van der Waals surface area (Å²) < 4.78 is 4.70. The summed E-state index contributed by atoms with van der Waals surface area (Å²) >= 11 is 1.76.